The van der Waals surface area contributed by atoms with Gasteiger partial charge in [-0.15, -0.1) is 0 Å². The molecule has 9 heteroatoms. The summed E-state index contributed by atoms with van der Waals surface area (Å²) in [4.78, 5) is 14.3. The van der Waals surface area contributed by atoms with E-state index >= 15 is 0 Å². The molecule has 0 unspecified atom stereocenters. The van der Waals surface area contributed by atoms with Gasteiger partial charge in [0.15, 0.2) is 0 Å². The summed E-state index contributed by atoms with van der Waals surface area (Å²) in [6.45, 7) is 4.14. The highest BCUT2D eigenvalue weighted by Crippen LogP contribution is 2.31. The summed E-state index contributed by atoms with van der Waals surface area (Å²) in [7, 11) is -4.47. The first kappa shape index (κ1) is 25.1. The molecule has 0 N–H and O–H groups in total. The van der Waals surface area contributed by atoms with Gasteiger partial charge in [0.05, 0.1) is 5.56 Å². The summed E-state index contributed by atoms with van der Waals surface area (Å²) in [6, 6.07) is 9.63. The smallest absolute Gasteiger partial charge is 0.379 e. The Bertz CT molecular complexity index is 1080. The molecule has 0 bridgehead atoms. The molecule has 1 aliphatic rings. The van der Waals surface area contributed by atoms with Crippen LogP contribution in [0.1, 0.15) is 57.1 Å². The molecular formula is C24H28F3NO4S. The van der Waals surface area contributed by atoms with E-state index in [1.54, 1.807) is 17.0 Å². The predicted molar refractivity (Wildman–Crippen MR) is 118 cm³/mol. The molecule has 3 rings (SSSR count). The summed E-state index contributed by atoms with van der Waals surface area (Å²) < 4.78 is 69.1. The SMILES string of the molecule is CC(C)N(Cc1cccc(OS(=O)(=O)c2cccc(C(F)(F)F)c2)c1)C(=O)C1CCCCC1. The molecule has 1 aliphatic carbocycles. The average Bonchev–Trinajstić information content (AvgIpc) is 2.77. The number of benzene rings is 2. The highest BCUT2D eigenvalue weighted by molar-refractivity contribution is 7.87. The molecule has 0 heterocycles. The Morgan fingerprint density at radius 2 is 1.73 bits per heavy atom. The predicted octanol–water partition coefficient (Wildman–Crippen LogP) is 5.79. The van der Waals surface area contributed by atoms with E-state index in [-0.39, 0.29) is 30.2 Å². The average molecular weight is 484 g/mol. The number of nitrogens with zero attached hydrogens (tertiary/aromatic N) is 1. The number of halogens is 3. The number of hydrogen-bond donors (Lipinski definition) is 0. The van der Waals surface area contributed by atoms with E-state index < -0.39 is 26.8 Å². The van der Waals surface area contributed by atoms with Gasteiger partial charge in [-0.25, -0.2) is 0 Å². The first-order valence-corrected chi connectivity index (χ1v) is 12.4. The molecule has 0 aliphatic heterocycles. The largest absolute Gasteiger partial charge is 0.416 e. The van der Waals surface area contributed by atoms with Crippen LogP contribution in [0, 0.1) is 5.92 Å². The van der Waals surface area contributed by atoms with Gasteiger partial charge in [0, 0.05) is 18.5 Å². The standard InChI is InChI=1S/C24H28F3NO4S/c1-17(2)28(23(29)19-9-4-3-5-10-19)16-18-8-6-12-21(14-18)32-33(30,31)22-13-7-11-20(15-22)24(25,26)27/h6-8,11-15,17,19H,3-5,9-10,16H2,1-2H3. The van der Waals surface area contributed by atoms with Crippen molar-refractivity contribution in [3.8, 4) is 5.75 Å². The number of rotatable bonds is 7. The molecule has 0 atom stereocenters. The van der Waals surface area contributed by atoms with Gasteiger partial charge in [-0.1, -0.05) is 37.5 Å². The Balaban J connectivity index is 1.78. The lowest BCUT2D eigenvalue weighted by molar-refractivity contribution is -0.139. The highest BCUT2D eigenvalue weighted by Gasteiger charge is 2.32. The van der Waals surface area contributed by atoms with Crippen LogP contribution in [0.5, 0.6) is 5.75 Å². The van der Waals surface area contributed by atoms with Crippen molar-refractivity contribution < 1.29 is 30.6 Å². The topological polar surface area (TPSA) is 63.7 Å². The van der Waals surface area contributed by atoms with Crippen molar-refractivity contribution in [1.82, 2.24) is 4.90 Å². The van der Waals surface area contributed by atoms with E-state index in [1.807, 2.05) is 13.8 Å². The molecule has 0 spiro atoms. The van der Waals surface area contributed by atoms with E-state index in [0.29, 0.717) is 11.6 Å². The minimum atomic E-state index is -4.67. The third-order valence-electron chi connectivity index (χ3n) is 5.77. The van der Waals surface area contributed by atoms with Crippen molar-refractivity contribution in [3.05, 3.63) is 59.7 Å². The van der Waals surface area contributed by atoms with Gasteiger partial charge in [0.1, 0.15) is 10.6 Å². The molecule has 1 amide bonds. The summed E-state index contributed by atoms with van der Waals surface area (Å²) in [5.74, 6) is 0.0632. The zero-order valence-electron chi connectivity index (χ0n) is 18.6. The molecule has 2 aromatic carbocycles. The van der Waals surface area contributed by atoms with Crippen molar-refractivity contribution >= 4 is 16.0 Å². The Morgan fingerprint density at radius 3 is 2.36 bits per heavy atom. The Kier molecular flexibility index (Phi) is 7.72. The third kappa shape index (κ3) is 6.50. The second kappa shape index (κ2) is 10.2. The number of alkyl halides is 3. The summed E-state index contributed by atoms with van der Waals surface area (Å²) >= 11 is 0. The van der Waals surface area contributed by atoms with Gasteiger partial charge in [-0.3, -0.25) is 4.79 Å². The van der Waals surface area contributed by atoms with Gasteiger partial charge < -0.3 is 9.08 Å². The van der Waals surface area contributed by atoms with Crippen LogP contribution in [0.25, 0.3) is 0 Å². The van der Waals surface area contributed by atoms with Crippen molar-refractivity contribution in [1.29, 1.82) is 0 Å². The van der Waals surface area contributed by atoms with Crippen molar-refractivity contribution in [2.75, 3.05) is 0 Å². The minimum Gasteiger partial charge on any atom is -0.379 e. The lowest BCUT2D eigenvalue weighted by Crippen LogP contribution is -2.41. The normalized spacial score (nSPS) is 15.5. The van der Waals surface area contributed by atoms with Crippen LogP contribution < -0.4 is 4.18 Å². The maximum absolute atomic E-state index is 13.1. The Morgan fingerprint density at radius 1 is 1.06 bits per heavy atom. The van der Waals surface area contributed by atoms with Crippen molar-refractivity contribution in [3.63, 3.8) is 0 Å². The Hall–Kier alpha value is -2.55. The van der Waals surface area contributed by atoms with E-state index in [1.165, 1.54) is 12.1 Å². The lowest BCUT2D eigenvalue weighted by atomic mass is 9.88. The summed E-state index contributed by atoms with van der Waals surface area (Å²) in [5.41, 5.74) is -0.403. The van der Waals surface area contributed by atoms with Crippen molar-refractivity contribution in [2.24, 2.45) is 5.92 Å². The van der Waals surface area contributed by atoms with Crippen LogP contribution >= 0.6 is 0 Å². The van der Waals surface area contributed by atoms with E-state index in [9.17, 15) is 26.4 Å². The monoisotopic (exact) mass is 483 g/mol. The number of hydrogen-bond acceptors (Lipinski definition) is 4. The maximum atomic E-state index is 13.1. The lowest BCUT2D eigenvalue weighted by Gasteiger charge is -2.32. The molecule has 2 aromatic rings. The summed E-state index contributed by atoms with van der Waals surface area (Å²) in [5, 5.41) is 0. The van der Waals surface area contributed by atoms with E-state index in [0.717, 1.165) is 50.3 Å². The second-order valence-corrected chi connectivity index (χ2v) is 10.2. The van der Waals surface area contributed by atoms with Gasteiger partial charge >= 0.3 is 16.3 Å². The van der Waals surface area contributed by atoms with Crippen LogP contribution in [0.4, 0.5) is 13.2 Å². The van der Waals surface area contributed by atoms with Crippen LogP contribution in [-0.2, 0) is 27.6 Å². The van der Waals surface area contributed by atoms with Crippen LogP contribution in [0.15, 0.2) is 53.4 Å². The molecule has 1 fully saturated rings. The van der Waals surface area contributed by atoms with Crippen LogP contribution in [-0.4, -0.2) is 25.3 Å². The van der Waals surface area contributed by atoms with Crippen molar-refractivity contribution in [2.45, 2.75) is 69.6 Å². The molecule has 0 aromatic heterocycles. The molecular weight excluding hydrogens is 455 g/mol. The van der Waals surface area contributed by atoms with E-state index in [2.05, 4.69) is 0 Å². The highest BCUT2D eigenvalue weighted by atomic mass is 32.2. The zero-order valence-corrected chi connectivity index (χ0v) is 19.5. The maximum Gasteiger partial charge on any atom is 0.416 e. The molecule has 1 saturated carbocycles. The number of carbonyl (C=O) groups is 1. The van der Waals surface area contributed by atoms with Crippen LogP contribution in [0.3, 0.4) is 0 Å². The zero-order chi connectivity index (χ0) is 24.2. The minimum absolute atomic E-state index is 0.00173. The van der Waals surface area contributed by atoms with Gasteiger partial charge in [0.2, 0.25) is 5.91 Å². The second-order valence-electron chi connectivity index (χ2n) is 8.61. The quantitative estimate of drug-likeness (QED) is 0.468. The Labute approximate surface area is 192 Å². The fourth-order valence-electron chi connectivity index (χ4n) is 3.99. The molecule has 0 saturated heterocycles. The van der Waals surface area contributed by atoms with Gasteiger partial charge in [-0.05, 0) is 62.6 Å². The van der Waals surface area contributed by atoms with E-state index in [4.69, 9.17) is 4.18 Å². The molecule has 33 heavy (non-hydrogen) atoms. The molecule has 0 radical (unpaired) electrons. The summed E-state index contributed by atoms with van der Waals surface area (Å²) in [6.07, 6.45) is 0.306. The van der Waals surface area contributed by atoms with Gasteiger partial charge in [-0.2, -0.15) is 21.6 Å². The fraction of sp³-hybridized carbons (Fsp3) is 0.458. The first-order valence-electron chi connectivity index (χ1n) is 11.0. The number of carbonyl (C=O) groups excluding carboxylic acids is 1. The van der Waals surface area contributed by atoms with Crippen LogP contribution in [0.2, 0.25) is 0 Å². The third-order valence-corrected chi connectivity index (χ3v) is 7.01. The molecule has 180 valence electrons. The van der Waals surface area contributed by atoms with Gasteiger partial charge in [0.25, 0.3) is 0 Å². The first-order chi connectivity index (χ1) is 15.5. The fourth-order valence-corrected chi connectivity index (χ4v) is 4.96. The number of amides is 1. The molecule has 5 nitrogen and oxygen atoms in total.